The van der Waals surface area contributed by atoms with Crippen molar-refractivity contribution in [2.45, 2.75) is 52.1 Å². The Morgan fingerprint density at radius 2 is 1.93 bits per heavy atom. The first kappa shape index (κ1) is 19.6. The normalized spacial score (nSPS) is 17.7. The summed E-state index contributed by atoms with van der Waals surface area (Å²) < 4.78 is 5.94. The molecular weight excluding hydrogens is 338 g/mol. The average molecular weight is 372 g/mol. The van der Waals surface area contributed by atoms with Gasteiger partial charge in [-0.3, -0.25) is 0 Å². The van der Waals surface area contributed by atoms with Crippen molar-refractivity contribution in [3.8, 4) is 5.75 Å². The first-order chi connectivity index (χ1) is 13.1. The molecule has 148 valence electrons. The van der Waals surface area contributed by atoms with E-state index in [0.717, 1.165) is 50.6 Å². The number of piperazine rings is 1. The summed E-state index contributed by atoms with van der Waals surface area (Å²) in [5, 5.41) is 3.09. The summed E-state index contributed by atoms with van der Waals surface area (Å²) in [6.45, 7) is 7.98. The molecule has 1 N–H and O–H groups in total. The smallest absolute Gasteiger partial charge is 0.317 e. The van der Waals surface area contributed by atoms with Crippen LogP contribution in [-0.4, -0.2) is 49.8 Å². The minimum atomic E-state index is 0.0674. The van der Waals surface area contributed by atoms with Gasteiger partial charge in [0.2, 0.25) is 0 Å². The maximum Gasteiger partial charge on any atom is 0.317 e. The third kappa shape index (κ3) is 5.65. The Labute approximate surface area is 163 Å². The minimum Gasteiger partial charge on any atom is -0.489 e. The van der Waals surface area contributed by atoms with Gasteiger partial charge in [-0.05, 0) is 58.1 Å². The molecule has 0 unspecified atom stereocenters. The van der Waals surface area contributed by atoms with Gasteiger partial charge in [0, 0.05) is 32.7 Å². The highest BCUT2D eigenvalue weighted by molar-refractivity contribution is 5.74. The molecule has 1 heterocycles. The molecule has 2 aliphatic rings. The molecule has 1 saturated heterocycles. The van der Waals surface area contributed by atoms with Gasteiger partial charge in [0.15, 0.2) is 0 Å². The third-order valence-electron chi connectivity index (χ3n) is 5.24. The van der Waals surface area contributed by atoms with Crippen LogP contribution < -0.4 is 15.0 Å². The number of anilines is 1. The molecule has 5 heteroatoms. The largest absolute Gasteiger partial charge is 0.489 e. The van der Waals surface area contributed by atoms with Crippen LogP contribution in [0.4, 0.5) is 10.5 Å². The van der Waals surface area contributed by atoms with Crippen LogP contribution in [0.1, 0.15) is 46.0 Å². The lowest BCUT2D eigenvalue weighted by atomic mass is 9.97. The second kappa shape index (κ2) is 9.67. The fourth-order valence-electron chi connectivity index (χ4n) is 3.80. The number of carbonyl (C=O) groups is 1. The highest BCUT2D eigenvalue weighted by atomic mass is 16.5. The zero-order valence-electron chi connectivity index (χ0n) is 16.7. The number of ether oxygens (including phenoxy) is 1. The average Bonchev–Trinajstić information content (AvgIpc) is 2.69. The lowest BCUT2D eigenvalue weighted by Gasteiger charge is -2.36. The maximum atomic E-state index is 12.4. The lowest BCUT2D eigenvalue weighted by Crippen LogP contribution is -2.52. The van der Waals surface area contributed by atoms with Gasteiger partial charge in [0.25, 0.3) is 0 Å². The van der Waals surface area contributed by atoms with Gasteiger partial charge in [0.05, 0.1) is 11.8 Å². The summed E-state index contributed by atoms with van der Waals surface area (Å²) in [7, 11) is 0. The van der Waals surface area contributed by atoms with E-state index in [2.05, 4.69) is 22.4 Å². The molecule has 0 bridgehead atoms. The molecule has 1 aliphatic carbocycles. The molecule has 0 saturated carbocycles. The number of carbonyl (C=O) groups excluding carboxylic acids is 1. The zero-order chi connectivity index (χ0) is 19.1. The molecule has 0 aromatic heterocycles. The van der Waals surface area contributed by atoms with E-state index in [4.69, 9.17) is 4.74 Å². The van der Waals surface area contributed by atoms with Crippen LogP contribution in [0.3, 0.4) is 0 Å². The van der Waals surface area contributed by atoms with Crippen molar-refractivity contribution in [3.05, 3.63) is 35.9 Å². The first-order valence-electron chi connectivity index (χ1n) is 10.3. The van der Waals surface area contributed by atoms with Gasteiger partial charge in [-0.1, -0.05) is 23.8 Å². The second-order valence-corrected chi connectivity index (χ2v) is 7.70. The second-order valence-electron chi connectivity index (χ2n) is 7.70. The Balaban J connectivity index is 1.46. The third-order valence-corrected chi connectivity index (χ3v) is 5.24. The van der Waals surface area contributed by atoms with Crippen molar-refractivity contribution in [2.24, 2.45) is 0 Å². The van der Waals surface area contributed by atoms with Crippen molar-refractivity contribution in [1.82, 2.24) is 10.2 Å². The number of amides is 2. The van der Waals surface area contributed by atoms with Crippen LogP contribution in [-0.2, 0) is 0 Å². The Morgan fingerprint density at radius 3 is 2.63 bits per heavy atom. The fourth-order valence-corrected chi connectivity index (χ4v) is 3.80. The molecule has 0 radical (unpaired) electrons. The van der Waals surface area contributed by atoms with Crippen molar-refractivity contribution >= 4 is 11.7 Å². The Bertz CT molecular complexity index is 649. The highest BCUT2D eigenvalue weighted by Crippen LogP contribution is 2.29. The van der Waals surface area contributed by atoms with Gasteiger partial charge in [-0.15, -0.1) is 0 Å². The number of para-hydroxylation sites is 2. The van der Waals surface area contributed by atoms with Gasteiger partial charge >= 0.3 is 6.03 Å². The zero-order valence-corrected chi connectivity index (χ0v) is 16.7. The van der Waals surface area contributed by atoms with E-state index in [1.807, 2.05) is 36.9 Å². The molecule has 0 atom stereocenters. The summed E-state index contributed by atoms with van der Waals surface area (Å²) in [6.07, 6.45) is 8.50. The van der Waals surface area contributed by atoms with Crippen molar-refractivity contribution in [3.63, 3.8) is 0 Å². The summed E-state index contributed by atoms with van der Waals surface area (Å²) >= 11 is 0. The highest BCUT2D eigenvalue weighted by Gasteiger charge is 2.23. The lowest BCUT2D eigenvalue weighted by molar-refractivity contribution is 0.194. The van der Waals surface area contributed by atoms with E-state index < -0.39 is 0 Å². The van der Waals surface area contributed by atoms with Gasteiger partial charge in [-0.2, -0.15) is 0 Å². The molecule has 5 nitrogen and oxygen atoms in total. The van der Waals surface area contributed by atoms with Crippen LogP contribution in [0.5, 0.6) is 5.75 Å². The summed E-state index contributed by atoms with van der Waals surface area (Å²) in [5.41, 5.74) is 2.63. The topological polar surface area (TPSA) is 44.8 Å². The molecule has 1 aromatic carbocycles. The molecule has 2 amide bonds. The first-order valence-corrected chi connectivity index (χ1v) is 10.3. The Hall–Kier alpha value is -2.17. The van der Waals surface area contributed by atoms with Gasteiger partial charge in [0.1, 0.15) is 5.75 Å². The fraction of sp³-hybridized carbons (Fsp3) is 0.591. The van der Waals surface area contributed by atoms with Gasteiger partial charge in [-0.25, -0.2) is 4.79 Å². The molecular formula is C22H33N3O2. The summed E-state index contributed by atoms with van der Waals surface area (Å²) in [5.74, 6) is 0.922. The molecule has 3 rings (SSSR count). The van der Waals surface area contributed by atoms with E-state index in [9.17, 15) is 4.79 Å². The van der Waals surface area contributed by atoms with Crippen molar-refractivity contribution in [1.29, 1.82) is 0 Å². The van der Waals surface area contributed by atoms with Crippen LogP contribution in [0.2, 0.25) is 0 Å². The standard InChI is InChI=1S/C22H33N3O2/c1-18(2)27-21-11-7-6-10-20(21)24-14-16-25(17-15-24)22(26)23-13-12-19-8-4-3-5-9-19/h6-8,10-11,18H,3-5,9,12-17H2,1-2H3,(H,23,26). The predicted molar refractivity (Wildman–Crippen MR) is 111 cm³/mol. The number of nitrogens with zero attached hydrogens (tertiary/aromatic N) is 2. The Kier molecular flexibility index (Phi) is 7.02. The van der Waals surface area contributed by atoms with E-state index >= 15 is 0 Å². The van der Waals surface area contributed by atoms with Crippen LogP contribution in [0.15, 0.2) is 35.9 Å². The SMILES string of the molecule is CC(C)Oc1ccccc1N1CCN(C(=O)NCCC2=CCCCC2)CC1. The number of rotatable bonds is 6. The van der Waals surface area contributed by atoms with E-state index in [1.54, 1.807) is 0 Å². The number of nitrogens with one attached hydrogen (secondary N) is 1. The monoisotopic (exact) mass is 371 g/mol. The quantitative estimate of drug-likeness (QED) is 0.763. The van der Waals surface area contributed by atoms with Crippen molar-refractivity contribution < 1.29 is 9.53 Å². The summed E-state index contributed by atoms with van der Waals surface area (Å²) in [6, 6.07) is 8.24. The predicted octanol–water partition coefficient (Wildman–Crippen LogP) is 4.20. The number of urea groups is 1. The van der Waals surface area contributed by atoms with Crippen LogP contribution in [0.25, 0.3) is 0 Å². The molecule has 1 aliphatic heterocycles. The molecule has 27 heavy (non-hydrogen) atoms. The molecule has 0 spiro atoms. The van der Waals surface area contributed by atoms with Crippen LogP contribution in [0, 0.1) is 0 Å². The summed E-state index contributed by atoms with van der Waals surface area (Å²) in [4.78, 5) is 16.7. The maximum absolute atomic E-state index is 12.4. The van der Waals surface area contributed by atoms with Gasteiger partial charge < -0.3 is 19.9 Å². The van der Waals surface area contributed by atoms with E-state index in [1.165, 1.54) is 31.3 Å². The number of hydrogen-bond acceptors (Lipinski definition) is 3. The number of allylic oxidation sites excluding steroid dienone is 1. The number of hydrogen-bond donors (Lipinski definition) is 1. The molecule has 1 aromatic rings. The number of benzene rings is 1. The van der Waals surface area contributed by atoms with E-state index in [-0.39, 0.29) is 12.1 Å². The van der Waals surface area contributed by atoms with E-state index in [0.29, 0.717) is 0 Å². The molecule has 1 fully saturated rings. The Morgan fingerprint density at radius 1 is 1.15 bits per heavy atom. The van der Waals surface area contributed by atoms with Crippen molar-refractivity contribution in [2.75, 3.05) is 37.6 Å². The van der Waals surface area contributed by atoms with Crippen LogP contribution >= 0.6 is 0 Å². The minimum absolute atomic E-state index is 0.0674.